The number of nitrogens with zero attached hydrogens (tertiary/aromatic N) is 2. The number of benzene rings is 2. The first-order chi connectivity index (χ1) is 16.2. The van der Waals surface area contributed by atoms with Crippen molar-refractivity contribution in [3.63, 3.8) is 0 Å². The van der Waals surface area contributed by atoms with E-state index in [1.54, 1.807) is 4.90 Å². The lowest BCUT2D eigenvalue weighted by molar-refractivity contribution is -0.117. The smallest absolute Gasteiger partial charge is 0.238 e. The topological polar surface area (TPSA) is 47.6 Å². The second-order valence-electron chi connectivity index (χ2n) is 8.10. The Labute approximate surface area is 202 Å². The zero-order valence-corrected chi connectivity index (χ0v) is 20.0. The van der Waals surface area contributed by atoms with E-state index < -0.39 is 29.0 Å². The molecular weight excluding hydrogens is 468 g/mol. The van der Waals surface area contributed by atoms with Gasteiger partial charge in [-0.3, -0.25) is 9.69 Å². The SMILES string of the molecule is CCc1cccc(CC)c1NC(=O)CN1CCCN(C(=S)Nc2c(F)cc(F)c(F)c2F)CC1. The lowest BCUT2D eigenvalue weighted by Crippen LogP contribution is -2.39. The third-order valence-corrected chi connectivity index (χ3v) is 6.21. The zero-order chi connectivity index (χ0) is 24.8. The van der Waals surface area contributed by atoms with E-state index in [9.17, 15) is 22.4 Å². The fourth-order valence-corrected chi connectivity index (χ4v) is 4.27. The Morgan fingerprint density at radius 2 is 1.59 bits per heavy atom. The van der Waals surface area contributed by atoms with Gasteiger partial charge >= 0.3 is 0 Å². The Morgan fingerprint density at radius 3 is 2.24 bits per heavy atom. The van der Waals surface area contributed by atoms with E-state index in [0.717, 1.165) is 29.7 Å². The summed E-state index contributed by atoms with van der Waals surface area (Å²) in [5, 5.41) is 5.42. The van der Waals surface area contributed by atoms with Crippen LogP contribution in [-0.4, -0.2) is 53.5 Å². The first kappa shape index (κ1) is 25.9. The molecule has 2 aromatic rings. The molecule has 3 rings (SSSR count). The van der Waals surface area contributed by atoms with Crippen molar-refractivity contribution in [1.82, 2.24) is 9.80 Å². The van der Waals surface area contributed by atoms with Gasteiger partial charge in [-0.05, 0) is 42.6 Å². The van der Waals surface area contributed by atoms with E-state index in [2.05, 4.69) is 10.6 Å². The van der Waals surface area contributed by atoms with Crippen LogP contribution in [0.15, 0.2) is 24.3 Å². The van der Waals surface area contributed by atoms with Gasteiger partial charge in [0.15, 0.2) is 28.4 Å². The van der Waals surface area contributed by atoms with Crippen molar-refractivity contribution in [2.24, 2.45) is 0 Å². The molecule has 0 aromatic heterocycles. The summed E-state index contributed by atoms with van der Waals surface area (Å²) in [5.74, 6) is -6.42. The largest absolute Gasteiger partial charge is 0.348 e. The third-order valence-electron chi connectivity index (χ3n) is 5.85. The van der Waals surface area contributed by atoms with E-state index in [0.29, 0.717) is 32.6 Å². The molecule has 0 saturated carbocycles. The van der Waals surface area contributed by atoms with Crippen LogP contribution >= 0.6 is 12.2 Å². The number of carbonyl (C=O) groups excluding carboxylic acids is 1. The van der Waals surface area contributed by atoms with Crippen molar-refractivity contribution in [3.05, 3.63) is 58.7 Å². The van der Waals surface area contributed by atoms with Gasteiger partial charge in [0, 0.05) is 37.9 Å². The highest BCUT2D eigenvalue weighted by Crippen LogP contribution is 2.25. The summed E-state index contributed by atoms with van der Waals surface area (Å²) >= 11 is 5.25. The maximum absolute atomic E-state index is 14.0. The average molecular weight is 497 g/mol. The van der Waals surface area contributed by atoms with Crippen LogP contribution in [0.5, 0.6) is 0 Å². The van der Waals surface area contributed by atoms with Gasteiger partial charge in [-0.15, -0.1) is 0 Å². The molecule has 1 aliphatic rings. The molecule has 0 aliphatic carbocycles. The Hall–Kier alpha value is -2.72. The van der Waals surface area contributed by atoms with Gasteiger partial charge in [0.1, 0.15) is 5.69 Å². The molecule has 5 nitrogen and oxygen atoms in total. The number of para-hydroxylation sites is 1. The average Bonchev–Trinajstić information content (AvgIpc) is 3.06. The Kier molecular flexibility index (Phi) is 8.84. The summed E-state index contributed by atoms with van der Waals surface area (Å²) in [6.45, 7) is 6.30. The van der Waals surface area contributed by atoms with E-state index >= 15 is 0 Å². The minimum absolute atomic E-state index is 0.000398. The second kappa shape index (κ2) is 11.6. The number of carbonyl (C=O) groups is 1. The van der Waals surface area contributed by atoms with Crippen LogP contribution in [0.1, 0.15) is 31.4 Å². The molecule has 184 valence electrons. The number of nitrogens with one attached hydrogen (secondary N) is 2. The number of rotatable bonds is 6. The second-order valence-corrected chi connectivity index (χ2v) is 8.48. The molecule has 1 heterocycles. The third kappa shape index (κ3) is 6.04. The minimum atomic E-state index is -1.77. The monoisotopic (exact) mass is 496 g/mol. The first-order valence-electron chi connectivity index (χ1n) is 11.3. The van der Waals surface area contributed by atoms with Gasteiger partial charge in [-0.1, -0.05) is 32.0 Å². The van der Waals surface area contributed by atoms with E-state index in [4.69, 9.17) is 12.2 Å². The van der Waals surface area contributed by atoms with Gasteiger partial charge in [0.05, 0.1) is 6.54 Å². The highest BCUT2D eigenvalue weighted by molar-refractivity contribution is 7.80. The molecule has 0 radical (unpaired) electrons. The number of amides is 1. The van der Waals surface area contributed by atoms with Crippen LogP contribution in [0, 0.1) is 23.3 Å². The summed E-state index contributed by atoms with van der Waals surface area (Å²) in [4.78, 5) is 16.4. The van der Waals surface area contributed by atoms with Crippen molar-refractivity contribution in [3.8, 4) is 0 Å². The molecule has 0 spiro atoms. The van der Waals surface area contributed by atoms with Crippen molar-refractivity contribution < 1.29 is 22.4 Å². The fraction of sp³-hybridized carbons (Fsp3) is 0.417. The standard InChI is InChI=1S/C24H28F4N4OS/c1-3-15-7-5-8-16(4-2)22(15)29-19(33)14-31-9-6-10-32(12-11-31)24(34)30-23-18(26)13-17(25)20(27)21(23)28/h5,7-8,13H,3-4,6,9-12,14H2,1-2H3,(H,29,33)(H,30,34). The predicted octanol–water partition coefficient (Wildman–Crippen LogP) is 4.71. The number of hydrogen-bond acceptors (Lipinski definition) is 3. The lowest BCUT2D eigenvalue weighted by atomic mass is 10.0. The molecule has 1 saturated heterocycles. The summed E-state index contributed by atoms with van der Waals surface area (Å²) in [5.41, 5.74) is 2.21. The van der Waals surface area contributed by atoms with Gasteiger partial charge in [0.2, 0.25) is 5.91 Å². The van der Waals surface area contributed by atoms with E-state index in [1.165, 1.54) is 0 Å². The highest BCUT2D eigenvalue weighted by atomic mass is 32.1. The molecule has 0 atom stereocenters. The molecule has 0 bridgehead atoms. The molecule has 1 fully saturated rings. The van der Waals surface area contributed by atoms with Crippen LogP contribution in [0.25, 0.3) is 0 Å². The maximum Gasteiger partial charge on any atom is 0.238 e. The number of aryl methyl sites for hydroxylation is 2. The van der Waals surface area contributed by atoms with Crippen molar-refractivity contribution in [2.75, 3.05) is 43.4 Å². The zero-order valence-electron chi connectivity index (χ0n) is 19.2. The number of hydrogen-bond donors (Lipinski definition) is 2. The summed E-state index contributed by atoms with van der Waals surface area (Å²) in [6, 6.07) is 6.27. The maximum atomic E-state index is 14.0. The van der Waals surface area contributed by atoms with Crippen molar-refractivity contribution in [2.45, 2.75) is 33.1 Å². The van der Waals surface area contributed by atoms with Crippen LogP contribution in [0.2, 0.25) is 0 Å². The molecule has 1 aliphatic heterocycles. The Morgan fingerprint density at radius 1 is 0.912 bits per heavy atom. The first-order valence-corrected chi connectivity index (χ1v) is 11.7. The molecular formula is C24H28F4N4OS. The van der Waals surface area contributed by atoms with Gasteiger partial charge < -0.3 is 15.5 Å². The fourth-order valence-electron chi connectivity index (χ4n) is 3.98. The number of thiocarbonyl (C=S) groups is 1. The van der Waals surface area contributed by atoms with Gasteiger partial charge in [-0.25, -0.2) is 17.6 Å². The number of halogens is 4. The molecule has 1 amide bonds. The van der Waals surface area contributed by atoms with Crippen LogP contribution in [0.3, 0.4) is 0 Å². The van der Waals surface area contributed by atoms with Crippen molar-refractivity contribution >= 4 is 34.6 Å². The summed E-state index contributed by atoms with van der Waals surface area (Å²) in [7, 11) is 0. The normalized spacial score (nSPS) is 14.6. The molecule has 34 heavy (non-hydrogen) atoms. The summed E-state index contributed by atoms with van der Waals surface area (Å²) in [6.07, 6.45) is 2.28. The van der Waals surface area contributed by atoms with Gasteiger partial charge in [-0.2, -0.15) is 0 Å². The number of anilines is 2. The van der Waals surface area contributed by atoms with E-state index in [-0.39, 0.29) is 23.6 Å². The minimum Gasteiger partial charge on any atom is -0.348 e. The lowest BCUT2D eigenvalue weighted by Gasteiger charge is -2.25. The van der Waals surface area contributed by atoms with Crippen molar-refractivity contribution in [1.29, 1.82) is 0 Å². The van der Waals surface area contributed by atoms with Crippen LogP contribution < -0.4 is 10.6 Å². The quantitative estimate of drug-likeness (QED) is 0.263. The summed E-state index contributed by atoms with van der Waals surface area (Å²) < 4.78 is 54.6. The van der Waals surface area contributed by atoms with Gasteiger partial charge in [0.25, 0.3) is 0 Å². The van der Waals surface area contributed by atoms with Crippen LogP contribution in [0.4, 0.5) is 28.9 Å². The van der Waals surface area contributed by atoms with E-state index in [1.807, 2.05) is 36.9 Å². The molecule has 0 unspecified atom stereocenters. The molecule has 2 N–H and O–H groups in total. The predicted molar refractivity (Wildman–Crippen MR) is 129 cm³/mol. The van der Waals surface area contributed by atoms with Crippen LogP contribution in [-0.2, 0) is 17.6 Å². The molecule has 2 aromatic carbocycles. The molecule has 10 heteroatoms. The Bertz CT molecular complexity index is 1040. The highest BCUT2D eigenvalue weighted by Gasteiger charge is 2.23. The Balaban J connectivity index is 1.59.